The van der Waals surface area contributed by atoms with Gasteiger partial charge in [0, 0.05) is 19.1 Å². The summed E-state index contributed by atoms with van der Waals surface area (Å²) in [6.07, 6.45) is -1.15. The topological polar surface area (TPSA) is 24.5 Å². The Morgan fingerprint density at radius 1 is 1.19 bits per heavy atom. The lowest BCUT2D eigenvalue weighted by molar-refractivity contribution is -0.274. The Morgan fingerprint density at radius 3 is 2.67 bits per heavy atom. The van der Waals surface area contributed by atoms with E-state index >= 15 is 0 Å². The monoisotopic (exact) mass is 300 g/mol. The number of benzene rings is 1. The van der Waals surface area contributed by atoms with Gasteiger partial charge >= 0.3 is 6.36 Å². The molecule has 0 radical (unpaired) electrons. The number of nitrogens with one attached hydrogen (secondary N) is 1. The van der Waals surface area contributed by atoms with Gasteiger partial charge in [-0.1, -0.05) is 12.1 Å². The van der Waals surface area contributed by atoms with Crippen molar-refractivity contribution in [2.75, 3.05) is 24.5 Å². The zero-order valence-corrected chi connectivity index (χ0v) is 11.7. The maximum atomic E-state index is 12.5. The zero-order valence-electron chi connectivity index (χ0n) is 11.7. The third kappa shape index (κ3) is 4.03. The fraction of sp³-hybridized carbons (Fsp3) is 0.600. The second kappa shape index (κ2) is 5.75. The van der Waals surface area contributed by atoms with E-state index in [-0.39, 0.29) is 5.75 Å². The van der Waals surface area contributed by atoms with Gasteiger partial charge < -0.3 is 15.0 Å². The van der Waals surface area contributed by atoms with Crippen LogP contribution in [0.3, 0.4) is 0 Å². The third-order valence-electron chi connectivity index (χ3n) is 3.99. The van der Waals surface area contributed by atoms with E-state index in [9.17, 15) is 13.2 Å². The molecule has 6 heteroatoms. The van der Waals surface area contributed by atoms with Crippen molar-refractivity contribution in [3.63, 3.8) is 0 Å². The van der Waals surface area contributed by atoms with E-state index in [1.54, 1.807) is 18.2 Å². The number of hydrogen-bond acceptors (Lipinski definition) is 3. The van der Waals surface area contributed by atoms with Crippen LogP contribution in [0.25, 0.3) is 0 Å². The molecule has 1 atom stereocenters. The molecule has 116 valence electrons. The maximum Gasteiger partial charge on any atom is 0.573 e. The van der Waals surface area contributed by atoms with Crippen LogP contribution in [-0.4, -0.2) is 32.0 Å². The summed E-state index contributed by atoms with van der Waals surface area (Å²) in [6.45, 7) is 2.50. The van der Waals surface area contributed by atoms with Gasteiger partial charge in [-0.2, -0.15) is 0 Å². The molecule has 1 aromatic rings. The Labute approximate surface area is 122 Å². The zero-order chi connectivity index (χ0) is 14.9. The molecule has 3 nitrogen and oxygen atoms in total. The molecule has 1 aliphatic carbocycles. The lowest BCUT2D eigenvalue weighted by Crippen LogP contribution is -2.28. The van der Waals surface area contributed by atoms with Gasteiger partial charge in [0.1, 0.15) is 0 Å². The number of hydrogen-bond donors (Lipinski definition) is 1. The van der Waals surface area contributed by atoms with Gasteiger partial charge in [-0.05, 0) is 43.9 Å². The van der Waals surface area contributed by atoms with Crippen LogP contribution in [0.15, 0.2) is 24.3 Å². The summed E-state index contributed by atoms with van der Waals surface area (Å²) in [6, 6.07) is 7.04. The second-order valence-corrected chi connectivity index (χ2v) is 5.80. The smallest absolute Gasteiger partial charge is 0.404 e. The summed E-state index contributed by atoms with van der Waals surface area (Å²) in [5.74, 6) is 0.380. The normalized spacial score (nSPS) is 22.6. The maximum absolute atomic E-state index is 12.5. The highest BCUT2D eigenvalue weighted by atomic mass is 19.4. The Morgan fingerprint density at radius 2 is 1.95 bits per heavy atom. The third-order valence-corrected chi connectivity index (χ3v) is 3.99. The highest BCUT2D eigenvalue weighted by Gasteiger charge is 2.34. The van der Waals surface area contributed by atoms with Crippen LogP contribution in [0.1, 0.15) is 19.3 Å². The van der Waals surface area contributed by atoms with Gasteiger partial charge in [-0.3, -0.25) is 0 Å². The fourth-order valence-electron chi connectivity index (χ4n) is 2.77. The van der Waals surface area contributed by atoms with Gasteiger partial charge in [0.05, 0.1) is 5.69 Å². The van der Waals surface area contributed by atoms with Crippen LogP contribution in [0.2, 0.25) is 0 Å². The lowest BCUT2D eigenvalue weighted by atomic mass is 10.1. The number of alkyl halides is 3. The summed E-state index contributed by atoms with van der Waals surface area (Å²) in [5, 5.41) is 3.49. The van der Waals surface area contributed by atoms with Crippen molar-refractivity contribution in [2.45, 2.75) is 31.7 Å². The first-order valence-corrected chi connectivity index (χ1v) is 7.34. The molecular formula is C15H19F3N2O. The van der Waals surface area contributed by atoms with E-state index in [1.165, 1.54) is 18.9 Å². The summed E-state index contributed by atoms with van der Waals surface area (Å²) in [5.41, 5.74) is 0.531. The van der Waals surface area contributed by atoms with Crippen LogP contribution in [0.4, 0.5) is 18.9 Å². The Hall–Kier alpha value is -1.43. The minimum atomic E-state index is -4.65. The molecule has 1 saturated carbocycles. The van der Waals surface area contributed by atoms with Crippen molar-refractivity contribution in [3.05, 3.63) is 24.3 Å². The van der Waals surface area contributed by atoms with Crippen LogP contribution in [0, 0.1) is 5.92 Å². The molecule has 1 aliphatic heterocycles. The van der Waals surface area contributed by atoms with E-state index in [0.717, 1.165) is 26.1 Å². The molecular weight excluding hydrogens is 281 g/mol. The van der Waals surface area contributed by atoms with E-state index in [4.69, 9.17) is 0 Å². The highest BCUT2D eigenvalue weighted by Crippen LogP contribution is 2.35. The molecule has 1 heterocycles. The molecule has 0 bridgehead atoms. The van der Waals surface area contributed by atoms with Crippen LogP contribution < -0.4 is 15.0 Å². The molecule has 0 aromatic heterocycles. The van der Waals surface area contributed by atoms with Gasteiger partial charge in [0.2, 0.25) is 0 Å². The molecule has 21 heavy (non-hydrogen) atoms. The number of nitrogens with zero attached hydrogens (tertiary/aromatic N) is 1. The molecule has 2 aliphatic rings. The summed E-state index contributed by atoms with van der Waals surface area (Å²) in [7, 11) is 0. The van der Waals surface area contributed by atoms with E-state index in [0.29, 0.717) is 17.6 Å². The van der Waals surface area contributed by atoms with Gasteiger partial charge in [0.25, 0.3) is 0 Å². The Balaban J connectivity index is 1.63. The quantitative estimate of drug-likeness (QED) is 0.904. The molecule has 0 amide bonds. The Kier molecular flexibility index (Phi) is 3.97. The van der Waals surface area contributed by atoms with Crippen molar-refractivity contribution >= 4 is 5.69 Å². The van der Waals surface area contributed by atoms with Gasteiger partial charge in [-0.25, -0.2) is 0 Å². The van der Waals surface area contributed by atoms with Crippen LogP contribution in [0.5, 0.6) is 5.75 Å². The standard InChI is InChI=1S/C15H19F3N2O/c16-15(17,18)21-14-4-2-1-3-13(14)20-8-7-11(10-20)9-19-12-5-6-12/h1-4,11-12,19H,5-10H2. The van der Waals surface area contributed by atoms with Gasteiger partial charge in [-0.15, -0.1) is 13.2 Å². The summed E-state index contributed by atoms with van der Waals surface area (Å²) < 4.78 is 41.5. The molecule has 0 spiro atoms. The van der Waals surface area contributed by atoms with Crippen molar-refractivity contribution in [3.8, 4) is 5.75 Å². The van der Waals surface area contributed by atoms with Crippen molar-refractivity contribution < 1.29 is 17.9 Å². The number of para-hydroxylation sites is 2. The van der Waals surface area contributed by atoms with Crippen LogP contribution >= 0.6 is 0 Å². The first-order chi connectivity index (χ1) is 10.0. The average Bonchev–Trinajstić information content (AvgIpc) is 3.13. The SMILES string of the molecule is FC(F)(F)Oc1ccccc1N1CCC(CNC2CC2)C1. The van der Waals surface area contributed by atoms with Crippen molar-refractivity contribution in [1.29, 1.82) is 0 Å². The van der Waals surface area contributed by atoms with Crippen LogP contribution in [-0.2, 0) is 0 Å². The fourth-order valence-corrected chi connectivity index (χ4v) is 2.77. The average molecular weight is 300 g/mol. The molecule has 1 N–H and O–H groups in total. The number of halogens is 3. The predicted molar refractivity (Wildman–Crippen MR) is 74.5 cm³/mol. The summed E-state index contributed by atoms with van der Waals surface area (Å²) >= 11 is 0. The number of ether oxygens (including phenoxy) is 1. The van der Waals surface area contributed by atoms with Crippen molar-refractivity contribution in [2.24, 2.45) is 5.92 Å². The largest absolute Gasteiger partial charge is 0.573 e. The summed E-state index contributed by atoms with van der Waals surface area (Å²) in [4.78, 5) is 1.99. The van der Waals surface area contributed by atoms with E-state index < -0.39 is 6.36 Å². The molecule has 1 unspecified atom stereocenters. The molecule has 1 saturated heterocycles. The van der Waals surface area contributed by atoms with Gasteiger partial charge in [0.15, 0.2) is 5.75 Å². The van der Waals surface area contributed by atoms with E-state index in [1.807, 2.05) is 4.90 Å². The lowest BCUT2D eigenvalue weighted by Gasteiger charge is -2.22. The second-order valence-electron chi connectivity index (χ2n) is 5.80. The Bertz CT molecular complexity index is 488. The molecule has 3 rings (SSSR count). The molecule has 1 aromatic carbocycles. The number of rotatable bonds is 5. The first kappa shape index (κ1) is 14.5. The molecule has 2 fully saturated rings. The highest BCUT2D eigenvalue weighted by molar-refractivity contribution is 5.59. The van der Waals surface area contributed by atoms with Crippen molar-refractivity contribution in [1.82, 2.24) is 5.32 Å². The first-order valence-electron chi connectivity index (χ1n) is 7.34. The predicted octanol–water partition coefficient (Wildman–Crippen LogP) is 3.16. The minimum absolute atomic E-state index is 0.110. The van der Waals surface area contributed by atoms with E-state index in [2.05, 4.69) is 10.1 Å². The number of anilines is 1. The minimum Gasteiger partial charge on any atom is -0.404 e.